The van der Waals surface area contributed by atoms with E-state index in [1.54, 1.807) is 7.11 Å². The van der Waals surface area contributed by atoms with E-state index in [1.807, 2.05) is 0 Å². The molecule has 3 nitrogen and oxygen atoms in total. The lowest BCUT2D eigenvalue weighted by molar-refractivity contribution is 0.0141. The number of hydrogen-bond donors (Lipinski definition) is 1. The molecule has 1 aliphatic rings. The quantitative estimate of drug-likeness (QED) is 0.738. The molecule has 1 heterocycles. The first kappa shape index (κ1) is 12.0. The molecule has 2 N–H and O–H groups in total. The average molecular weight is 200 g/mol. The Morgan fingerprint density at radius 3 is 2.71 bits per heavy atom. The van der Waals surface area contributed by atoms with Crippen LogP contribution in [0.3, 0.4) is 0 Å². The maximum absolute atomic E-state index is 5.69. The second kappa shape index (κ2) is 5.69. The summed E-state index contributed by atoms with van der Waals surface area (Å²) in [4.78, 5) is 2.52. The van der Waals surface area contributed by atoms with Gasteiger partial charge in [0.05, 0.1) is 6.10 Å². The van der Waals surface area contributed by atoms with Gasteiger partial charge < -0.3 is 15.4 Å². The normalized spacial score (nSPS) is 26.8. The van der Waals surface area contributed by atoms with Gasteiger partial charge in [-0.1, -0.05) is 0 Å². The molecule has 0 radical (unpaired) electrons. The summed E-state index contributed by atoms with van der Waals surface area (Å²) in [5.41, 5.74) is 5.69. The Balaban J connectivity index is 2.46. The summed E-state index contributed by atoms with van der Waals surface area (Å²) < 4.78 is 5.42. The molecular formula is C11H24N2O. The number of nitrogens with two attached hydrogens (primary N) is 1. The topological polar surface area (TPSA) is 38.5 Å². The van der Waals surface area contributed by atoms with Gasteiger partial charge in [0.1, 0.15) is 0 Å². The maximum Gasteiger partial charge on any atom is 0.0733 e. The largest absolute Gasteiger partial charge is 0.380 e. The minimum Gasteiger partial charge on any atom is -0.380 e. The van der Waals surface area contributed by atoms with Crippen LogP contribution < -0.4 is 5.73 Å². The van der Waals surface area contributed by atoms with Crippen LogP contribution in [0.2, 0.25) is 0 Å². The number of methoxy groups -OCH3 is 1. The van der Waals surface area contributed by atoms with E-state index in [-0.39, 0.29) is 6.10 Å². The zero-order chi connectivity index (χ0) is 10.6. The highest BCUT2D eigenvalue weighted by Gasteiger charge is 2.27. The third-order valence-electron chi connectivity index (χ3n) is 3.28. The monoisotopic (exact) mass is 200 g/mol. The van der Waals surface area contributed by atoms with Crippen molar-refractivity contribution in [3.05, 3.63) is 0 Å². The maximum atomic E-state index is 5.69. The number of likely N-dealkylation sites (tertiary alicyclic amines) is 1. The number of piperidine rings is 1. The van der Waals surface area contributed by atoms with E-state index in [2.05, 4.69) is 18.7 Å². The van der Waals surface area contributed by atoms with Crippen molar-refractivity contribution in [2.45, 2.75) is 38.8 Å². The van der Waals surface area contributed by atoms with Gasteiger partial charge in [0.2, 0.25) is 0 Å². The third-order valence-corrected chi connectivity index (χ3v) is 3.28. The molecule has 0 aromatic heterocycles. The first-order valence-electron chi connectivity index (χ1n) is 5.66. The summed E-state index contributed by atoms with van der Waals surface area (Å²) in [6.45, 7) is 7.54. The fourth-order valence-corrected chi connectivity index (χ4v) is 2.29. The van der Waals surface area contributed by atoms with Gasteiger partial charge in [-0.25, -0.2) is 0 Å². The molecule has 3 heteroatoms. The average Bonchev–Trinajstić information content (AvgIpc) is 2.20. The molecule has 0 aliphatic carbocycles. The zero-order valence-corrected chi connectivity index (χ0v) is 9.70. The standard InChI is InChI=1S/C11H24N2O/c1-9(2)13-6-4-5-10(8-13)11(7-12)14-3/h9-11H,4-8,12H2,1-3H3. The lowest BCUT2D eigenvalue weighted by Gasteiger charge is -2.38. The summed E-state index contributed by atoms with van der Waals surface area (Å²) in [5.74, 6) is 0.626. The molecule has 0 spiro atoms. The fourth-order valence-electron chi connectivity index (χ4n) is 2.29. The number of nitrogens with zero attached hydrogens (tertiary/aromatic N) is 1. The van der Waals surface area contributed by atoms with E-state index < -0.39 is 0 Å². The van der Waals surface area contributed by atoms with Crippen LogP contribution in [-0.2, 0) is 4.74 Å². The van der Waals surface area contributed by atoms with Gasteiger partial charge in [0.15, 0.2) is 0 Å². The van der Waals surface area contributed by atoms with Gasteiger partial charge in [-0.05, 0) is 39.2 Å². The third kappa shape index (κ3) is 2.94. The number of hydrogen-bond acceptors (Lipinski definition) is 3. The molecule has 0 aromatic rings. The lowest BCUT2D eigenvalue weighted by atomic mass is 9.91. The van der Waals surface area contributed by atoms with Crippen molar-refractivity contribution in [3.8, 4) is 0 Å². The summed E-state index contributed by atoms with van der Waals surface area (Å²) in [5, 5.41) is 0. The molecule has 84 valence electrons. The van der Waals surface area contributed by atoms with E-state index in [0.717, 1.165) is 6.54 Å². The molecule has 1 aliphatic heterocycles. The van der Waals surface area contributed by atoms with Gasteiger partial charge >= 0.3 is 0 Å². The van der Waals surface area contributed by atoms with Crippen LogP contribution >= 0.6 is 0 Å². The van der Waals surface area contributed by atoms with Gasteiger partial charge in [-0.3, -0.25) is 0 Å². The van der Waals surface area contributed by atoms with Gasteiger partial charge in [0, 0.05) is 26.2 Å². The van der Waals surface area contributed by atoms with E-state index in [4.69, 9.17) is 10.5 Å². The van der Waals surface area contributed by atoms with E-state index in [1.165, 1.54) is 19.4 Å². The van der Waals surface area contributed by atoms with Crippen LogP contribution in [0.25, 0.3) is 0 Å². The van der Waals surface area contributed by atoms with Gasteiger partial charge in [-0.2, -0.15) is 0 Å². The Bertz CT molecular complexity index is 157. The molecule has 2 unspecified atom stereocenters. The Morgan fingerprint density at radius 2 is 2.21 bits per heavy atom. The molecule has 2 atom stereocenters. The molecule has 0 aromatic carbocycles. The Morgan fingerprint density at radius 1 is 1.50 bits per heavy atom. The summed E-state index contributed by atoms with van der Waals surface area (Å²) in [7, 11) is 1.77. The van der Waals surface area contributed by atoms with Crippen molar-refractivity contribution in [2.75, 3.05) is 26.7 Å². The van der Waals surface area contributed by atoms with Crippen molar-refractivity contribution in [1.82, 2.24) is 4.90 Å². The Kier molecular flexibility index (Phi) is 4.85. The molecule has 0 amide bonds. The second-order valence-electron chi connectivity index (χ2n) is 4.50. The van der Waals surface area contributed by atoms with E-state index in [0.29, 0.717) is 18.5 Å². The van der Waals surface area contributed by atoms with Crippen molar-refractivity contribution >= 4 is 0 Å². The van der Waals surface area contributed by atoms with Crippen molar-refractivity contribution < 1.29 is 4.74 Å². The zero-order valence-electron chi connectivity index (χ0n) is 9.70. The highest BCUT2D eigenvalue weighted by molar-refractivity contribution is 4.80. The highest BCUT2D eigenvalue weighted by atomic mass is 16.5. The van der Waals surface area contributed by atoms with Gasteiger partial charge in [-0.15, -0.1) is 0 Å². The fraction of sp³-hybridized carbons (Fsp3) is 1.00. The minimum atomic E-state index is 0.247. The highest BCUT2D eigenvalue weighted by Crippen LogP contribution is 2.22. The van der Waals surface area contributed by atoms with Crippen molar-refractivity contribution in [1.29, 1.82) is 0 Å². The Labute approximate surface area is 87.6 Å². The number of ether oxygens (including phenoxy) is 1. The smallest absolute Gasteiger partial charge is 0.0733 e. The molecular weight excluding hydrogens is 176 g/mol. The van der Waals surface area contributed by atoms with Crippen LogP contribution in [0, 0.1) is 5.92 Å². The van der Waals surface area contributed by atoms with Crippen LogP contribution in [0.1, 0.15) is 26.7 Å². The van der Waals surface area contributed by atoms with Crippen LogP contribution in [-0.4, -0.2) is 43.8 Å². The predicted molar refractivity (Wildman–Crippen MR) is 59.3 cm³/mol. The molecule has 1 fully saturated rings. The first-order chi connectivity index (χ1) is 6.69. The van der Waals surface area contributed by atoms with E-state index >= 15 is 0 Å². The molecule has 0 bridgehead atoms. The summed E-state index contributed by atoms with van der Waals surface area (Å²) in [6.07, 6.45) is 2.79. The minimum absolute atomic E-state index is 0.247. The molecule has 1 rings (SSSR count). The van der Waals surface area contributed by atoms with Gasteiger partial charge in [0.25, 0.3) is 0 Å². The summed E-state index contributed by atoms with van der Waals surface area (Å²) >= 11 is 0. The van der Waals surface area contributed by atoms with Crippen molar-refractivity contribution in [3.63, 3.8) is 0 Å². The molecule has 14 heavy (non-hydrogen) atoms. The number of rotatable bonds is 4. The van der Waals surface area contributed by atoms with Crippen LogP contribution in [0.5, 0.6) is 0 Å². The summed E-state index contributed by atoms with van der Waals surface area (Å²) in [6, 6.07) is 0.646. The Hall–Kier alpha value is -0.120. The molecule has 1 saturated heterocycles. The second-order valence-corrected chi connectivity index (χ2v) is 4.50. The van der Waals surface area contributed by atoms with Crippen LogP contribution in [0.15, 0.2) is 0 Å². The SMILES string of the molecule is COC(CN)C1CCCN(C(C)C)C1. The lowest BCUT2D eigenvalue weighted by Crippen LogP contribution is -2.45. The van der Waals surface area contributed by atoms with Crippen molar-refractivity contribution in [2.24, 2.45) is 11.7 Å². The van der Waals surface area contributed by atoms with Crippen LogP contribution in [0.4, 0.5) is 0 Å². The predicted octanol–water partition coefficient (Wildman–Crippen LogP) is 1.08. The molecule has 0 saturated carbocycles. The first-order valence-corrected chi connectivity index (χ1v) is 5.66. The van der Waals surface area contributed by atoms with E-state index in [9.17, 15) is 0 Å².